The van der Waals surface area contributed by atoms with Gasteiger partial charge in [0.05, 0.1) is 11.4 Å². The fourth-order valence-electron chi connectivity index (χ4n) is 1.79. The molecule has 5 nitrogen and oxygen atoms in total. The predicted octanol–water partition coefficient (Wildman–Crippen LogP) is 1.43. The molecule has 2 heterocycles. The van der Waals surface area contributed by atoms with Crippen LogP contribution in [-0.4, -0.2) is 20.6 Å². The van der Waals surface area contributed by atoms with Gasteiger partial charge in [-0.1, -0.05) is 0 Å². The van der Waals surface area contributed by atoms with E-state index >= 15 is 0 Å². The highest BCUT2D eigenvalue weighted by atomic mass is 15.3. The zero-order valence-electron chi connectivity index (χ0n) is 9.30. The van der Waals surface area contributed by atoms with Gasteiger partial charge in [0.15, 0.2) is 0 Å². The van der Waals surface area contributed by atoms with E-state index in [-0.39, 0.29) is 5.84 Å². The lowest BCUT2D eigenvalue weighted by Crippen LogP contribution is -2.13. The second kappa shape index (κ2) is 3.69. The highest BCUT2D eigenvalue weighted by Crippen LogP contribution is 2.38. The van der Waals surface area contributed by atoms with E-state index in [4.69, 9.17) is 11.1 Å². The Morgan fingerprint density at radius 2 is 2.24 bits per heavy atom. The standard InChI is InChI=1S/C12H13N5/c13-12(14)11-7-9(3-5-15-11)17-6-4-10(16-17)8-1-2-8/h3-8H,1-2H2,(H3,13,14). The van der Waals surface area contributed by atoms with Crippen LogP contribution in [0.15, 0.2) is 30.6 Å². The number of amidine groups is 1. The van der Waals surface area contributed by atoms with Crippen molar-refractivity contribution in [1.82, 2.24) is 14.8 Å². The molecule has 0 spiro atoms. The zero-order chi connectivity index (χ0) is 11.8. The van der Waals surface area contributed by atoms with Crippen LogP contribution >= 0.6 is 0 Å². The Kier molecular flexibility index (Phi) is 2.18. The number of nitrogens with zero attached hydrogens (tertiary/aromatic N) is 3. The lowest BCUT2D eigenvalue weighted by Gasteiger charge is -2.03. The summed E-state index contributed by atoms with van der Waals surface area (Å²) in [6.07, 6.45) is 6.07. The molecule has 0 radical (unpaired) electrons. The van der Waals surface area contributed by atoms with E-state index in [2.05, 4.69) is 10.1 Å². The summed E-state index contributed by atoms with van der Waals surface area (Å²) in [5.74, 6) is 0.617. The highest BCUT2D eigenvalue weighted by Gasteiger charge is 2.25. The van der Waals surface area contributed by atoms with Crippen molar-refractivity contribution in [3.8, 4) is 5.69 Å². The summed E-state index contributed by atoms with van der Waals surface area (Å²) in [4.78, 5) is 4.03. The van der Waals surface area contributed by atoms with E-state index < -0.39 is 0 Å². The average molecular weight is 227 g/mol. The summed E-state index contributed by atoms with van der Waals surface area (Å²) in [6, 6.07) is 5.67. The molecule has 3 N–H and O–H groups in total. The summed E-state index contributed by atoms with van der Waals surface area (Å²) in [6.45, 7) is 0. The van der Waals surface area contributed by atoms with Crippen molar-refractivity contribution in [2.45, 2.75) is 18.8 Å². The van der Waals surface area contributed by atoms with Gasteiger partial charge in [-0.05, 0) is 31.0 Å². The Morgan fingerprint density at radius 3 is 2.94 bits per heavy atom. The molecule has 17 heavy (non-hydrogen) atoms. The van der Waals surface area contributed by atoms with Crippen molar-refractivity contribution in [2.24, 2.45) is 5.73 Å². The summed E-state index contributed by atoms with van der Waals surface area (Å²) in [7, 11) is 0. The summed E-state index contributed by atoms with van der Waals surface area (Å²) in [5, 5.41) is 11.9. The van der Waals surface area contributed by atoms with Gasteiger partial charge in [-0.15, -0.1) is 0 Å². The summed E-state index contributed by atoms with van der Waals surface area (Å²) < 4.78 is 1.81. The second-order valence-corrected chi connectivity index (χ2v) is 4.27. The predicted molar refractivity (Wildman–Crippen MR) is 64.4 cm³/mol. The van der Waals surface area contributed by atoms with E-state index in [0.717, 1.165) is 11.4 Å². The maximum absolute atomic E-state index is 7.36. The topological polar surface area (TPSA) is 80.6 Å². The molecule has 0 aromatic carbocycles. The minimum Gasteiger partial charge on any atom is -0.382 e. The van der Waals surface area contributed by atoms with Crippen molar-refractivity contribution in [2.75, 3.05) is 0 Å². The van der Waals surface area contributed by atoms with Crippen LogP contribution in [0.4, 0.5) is 0 Å². The van der Waals surface area contributed by atoms with Gasteiger partial charge in [-0.2, -0.15) is 5.10 Å². The largest absolute Gasteiger partial charge is 0.382 e. The number of nitrogen functional groups attached to an aromatic ring is 1. The van der Waals surface area contributed by atoms with Crippen LogP contribution in [0.3, 0.4) is 0 Å². The van der Waals surface area contributed by atoms with Crippen LogP contribution in [0.25, 0.3) is 5.69 Å². The number of hydrogen-bond acceptors (Lipinski definition) is 3. The SMILES string of the molecule is N=C(N)c1cc(-n2ccc(C3CC3)n2)ccn1. The van der Waals surface area contributed by atoms with E-state index in [1.54, 1.807) is 12.3 Å². The first kappa shape index (κ1) is 10.0. The molecule has 3 rings (SSSR count). The molecule has 2 aromatic heterocycles. The number of hydrogen-bond donors (Lipinski definition) is 2. The lowest BCUT2D eigenvalue weighted by atomic mass is 10.3. The first-order valence-corrected chi connectivity index (χ1v) is 5.60. The molecule has 0 bridgehead atoms. The van der Waals surface area contributed by atoms with Crippen LogP contribution in [0.2, 0.25) is 0 Å². The van der Waals surface area contributed by atoms with E-state index in [1.807, 2.05) is 23.0 Å². The van der Waals surface area contributed by atoms with Crippen molar-refractivity contribution in [3.63, 3.8) is 0 Å². The molecule has 2 aromatic rings. The molecule has 0 amide bonds. The number of aromatic nitrogens is 3. The van der Waals surface area contributed by atoms with Crippen molar-refractivity contribution < 1.29 is 0 Å². The van der Waals surface area contributed by atoms with Gasteiger partial charge in [0, 0.05) is 18.3 Å². The van der Waals surface area contributed by atoms with Gasteiger partial charge in [-0.3, -0.25) is 10.4 Å². The monoisotopic (exact) mass is 227 g/mol. The quantitative estimate of drug-likeness (QED) is 0.614. The Bertz CT molecular complexity index is 568. The van der Waals surface area contributed by atoms with Gasteiger partial charge < -0.3 is 5.73 Å². The maximum Gasteiger partial charge on any atom is 0.141 e. The Labute approximate surface area is 98.8 Å². The van der Waals surface area contributed by atoms with E-state index in [9.17, 15) is 0 Å². The highest BCUT2D eigenvalue weighted by molar-refractivity contribution is 5.93. The third-order valence-corrected chi connectivity index (χ3v) is 2.89. The minimum absolute atomic E-state index is 0.0265. The number of pyridine rings is 1. The number of nitrogens with one attached hydrogen (secondary N) is 1. The lowest BCUT2D eigenvalue weighted by molar-refractivity contribution is 0.835. The van der Waals surface area contributed by atoms with Crippen molar-refractivity contribution in [3.05, 3.63) is 42.0 Å². The van der Waals surface area contributed by atoms with Crippen molar-refractivity contribution >= 4 is 5.84 Å². The molecular weight excluding hydrogens is 214 g/mol. The molecule has 1 aliphatic rings. The number of rotatable bonds is 3. The van der Waals surface area contributed by atoms with Crippen LogP contribution in [0, 0.1) is 5.41 Å². The first-order valence-electron chi connectivity index (χ1n) is 5.60. The third-order valence-electron chi connectivity index (χ3n) is 2.89. The van der Waals surface area contributed by atoms with E-state index in [0.29, 0.717) is 11.6 Å². The maximum atomic E-state index is 7.36. The summed E-state index contributed by atoms with van der Waals surface area (Å²) in [5.41, 5.74) is 7.92. The van der Waals surface area contributed by atoms with Crippen LogP contribution in [0.5, 0.6) is 0 Å². The minimum atomic E-state index is -0.0265. The normalized spacial score (nSPS) is 14.8. The molecule has 0 aliphatic heterocycles. The molecule has 5 heteroatoms. The van der Waals surface area contributed by atoms with Gasteiger partial charge in [0.1, 0.15) is 11.5 Å². The van der Waals surface area contributed by atoms with Gasteiger partial charge in [0.25, 0.3) is 0 Å². The smallest absolute Gasteiger partial charge is 0.141 e. The molecule has 1 saturated carbocycles. The fourth-order valence-corrected chi connectivity index (χ4v) is 1.79. The van der Waals surface area contributed by atoms with Crippen LogP contribution < -0.4 is 5.73 Å². The molecule has 1 fully saturated rings. The molecule has 0 unspecified atom stereocenters. The molecule has 0 atom stereocenters. The summed E-state index contributed by atoms with van der Waals surface area (Å²) >= 11 is 0. The zero-order valence-corrected chi connectivity index (χ0v) is 9.30. The van der Waals surface area contributed by atoms with E-state index in [1.165, 1.54) is 12.8 Å². The number of nitrogens with two attached hydrogens (primary N) is 1. The Morgan fingerprint density at radius 1 is 1.41 bits per heavy atom. The van der Waals surface area contributed by atoms with Crippen LogP contribution in [-0.2, 0) is 0 Å². The van der Waals surface area contributed by atoms with Crippen LogP contribution in [0.1, 0.15) is 30.1 Å². The molecule has 86 valence electrons. The second-order valence-electron chi connectivity index (χ2n) is 4.27. The third kappa shape index (κ3) is 1.91. The molecular formula is C12H13N5. The fraction of sp³-hybridized carbons (Fsp3) is 0.250. The molecule has 1 aliphatic carbocycles. The molecule has 0 saturated heterocycles. The van der Waals surface area contributed by atoms with Crippen molar-refractivity contribution in [1.29, 1.82) is 5.41 Å². The van der Waals surface area contributed by atoms with Gasteiger partial charge in [0.2, 0.25) is 0 Å². The Balaban J connectivity index is 1.96. The average Bonchev–Trinajstić information content (AvgIpc) is 3.07. The van der Waals surface area contributed by atoms with Gasteiger partial charge in [-0.25, -0.2) is 4.68 Å². The first-order chi connectivity index (χ1) is 8.24. The Hall–Kier alpha value is -2.17. The van der Waals surface area contributed by atoms with Gasteiger partial charge >= 0.3 is 0 Å².